The van der Waals surface area contributed by atoms with Crippen molar-refractivity contribution in [2.75, 3.05) is 13.1 Å². The maximum Gasteiger partial charge on any atom is 0.416 e. The average molecular weight is 455 g/mol. The second-order valence-corrected chi connectivity index (χ2v) is 8.56. The Kier molecular flexibility index (Phi) is 5.36. The first-order valence-corrected chi connectivity index (χ1v) is 10.9. The lowest BCUT2D eigenvalue weighted by molar-refractivity contribution is -0.137. The first-order chi connectivity index (χ1) is 15.8. The molecule has 5 rings (SSSR count). The topological polar surface area (TPSA) is 69.7 Å². The zero-order valence-corrected chi connectivity index (χ0v) is 18.1. The normalized spacial score (nSPS) is 16.0. The maximum absolute atomic E-state index is 12.8. The molecule has 1 fully saturated rings. The van der Waals surface area contributed by atoms with Crippen molar-refractivity contribution in [1.82, 2.24) is 24.4 Å². The number of nitrogens with zero attached hydrogens (tertiary/aromatic N) is 3. The number of piperidine rings is 1. The largest absolute Gasteiger partial charge is 0.416 e. The molecule has 0 unspecified atom stereocenters. The van der Waals surface area contributed by atoms with Gasteiger partial charge in [0.1, 0.15) is 5.82 Å². The molecule has 0 aliphatic carbocycles. The van der Waals surface area contributed by atoms with Gasteiger partial charge in [-0.3, -0.25) is 9.47 Å². The highest BCUT2D eigenvalue weighted by Gasteiger charge is 2.30. The van der Waals surface area contributed by atoms with Gasteiger partial charge >= 0.3 is 11.9 Å². The standard InChI is InChI=1S/C24H24F3N5O/c1-15-20(29-22(28-15)16-6-8-17(9-7-16)24(25,26)27)14-31-12-10-18(11-13-31)32-21-5-3-2-4-19(21)30-23(32)33/h2-9,18H,10-14H2,1H3,(H,28,29)(H,30,33). The van der Waals surface area contributed by atoms with Gasteiger partial charge in [-0.05, 0) is 44.0 Å². The van der Waals surface area contributed by atoms with Crippen molar-refractivity contribution in [3.05, 3.63) is 76.0 Å². The van der Waals surface area contributed by atoms with Crippen LogP contribution < -0.4 is 5.69 Å². The quantitative estimate of drug-likeness (QED) is 0.461. The molecule has 0 radical (unpaired) electrons. The molecule has 0 amide bonds. The Morgan fingerprint density at radius 2 is 1.73 bits per heavy atom. The Labute approximate surface area is 188 Å². The van der Waals surface area contributed by atoms with E-state index in [0.717, 1.165) is 60.5 Å². The summed E-state index contributed by atoms with van der Waals surface area (Å²) in [6.45, 7) is 4.24. The van der Waals surface area contributed by atoms with Crippen LogP contribution in [0, 0.1) is 6.92 Å². The number of imidazole rings is 2. The molecule has 1 saturated heterocycles. The Morgan fingerprint density at radius 1 is 1.03 bits per heavy atom. The third-order valence-corrected chi connectivity index (χ3v) is 6.39. The van der Waals surface area contributed by atoms with Gasteiger partial charge in [-0.1, -0.05) is 24.3 Å². The van der Waals surface area contributed by atoms with E-state index in [0.29, 0.717) is 17.9 Å². The Balaban J connectivity index is 1.26. The molecule has 1 aliphatic rings. The molecule has 6 nitrogen and oxygen atoms in total. The third-order valence-electron chi connectivity index (χ3n) is 6.39. The van der Waals surface area contributed by atoms with Crippen LogP contribution in [0.25, 0.3) is 22.4 Å². The predicted molar refractivity (Wildman–Crippen MR) is 120 cm³/mol. The number of alkyl halides is 3. The first kappa shape index (κ1) is 21.5. The monoisotopic (exact) mass is 455 g/mol. The van der Waals surface area contributed by atoms with Crippen molar-refractivity contribution in [2.45, 2.75) is 38.5 Å². The lowest BCUT2D eigenvalue weighted by atomic mass is 10.0. The van der Waals surface area contributed by atoms with Crippen LogP contribution in [0.3, 0.4) is 0 Å². The van der Waals surface area contributed by atoms with Gasteiger partial charge in [0.05, 0.1) is 22.3 Å². The molecule has 0 bridgehead atoms. The second kappa shape index (κ2) is 8.22. The molecular formula is C24H24F3N5O. The van der Waals surface area contributed by atoms with Crippen LogP contribution in [-0.2, 0) is 12.7 Å². The molecule has 0 spiro atoms. The zero-order valence-electron chi connectivity index (χ0n) is 18.1. The molecular weight excluding hydrogens is 431 g/mol. The van der Waals surface area contributed by atoms with Crippen molar-refractivity contribution in [2.24, 2.45) is 0 Å². The molecule has 2 aromatic carbocycles. The van der Waals surface area contributed by atoms with E-state index in [-0.39, 0.29) is 11.7 Å². The number of aromatic amines is 2. The lowest BCUT2D eigenvalue weighted by Crippen LogP contribution is -2.36. The number of fused-ring (bicyclic) bond motifs is 1. The van der Waals surface area contributed by atoms with E-state index in [4.69, 9.17) is 0 Å². The Hall–Kier alpha value is -3.33. The van der Waals surface area contributed by atoms with Gasteiger partial charge in [-0.15, -0.1) is 0 Å². The number of aryl methyl sites for hydroxylation is 1. The van der Waals surface area contributed by atoms with E-state index in [1.807, 2.05) is 35.8 Å². The fraction of sp³-hybridized carbons (Fsp3) is 0.333. The average Bonchev–Trinajstić information content (AvgIpc) is 3.33. The van der Waals surface area contributed by atoms with Crippen molar-refractivity contribution in [3.8, 4) is 11.4 Å². The van der Waals surface area contributed by atoms with Gasteiger partial charge in [-0.2, -0.15) is 13.2 Å². The van der Waals surface area contributed by atoms with E-state index >= 15 is 0 Å². The summed E-state index contributed by atoms with van der Waals surface area (Å²) in [5, 5.41) is 0. The number of hydrogen-bond acceptors (Lipinski definition) is 3. The number of H-pyrrole nitrogens is 2. The number of aromatic nitrogens is 4. The Morgan fingerprint density at radius 3 is 2.42 bits per heavy atom. The zero-order chi connectivity index (χ0) is 23.2. The van der Waals surface area contributed by atoms with Crippen LogP contribution in [0.1, 0.15) is 35.8 Å². The van der Waals surface area contributed by atoms with Gasteiger partial charge < -0.3 is 9.97 Å². The number of likely N-dealkylation sites (tertiary alicyclic amines) is 1. The summed E-state index contributed by atoms with van der Waals surface area (Å²) in [6, 6.07) is 12.9. The summed E-state index contributed by atoms with van der Waals surface area (Å²) in [4.78, 5) is 25.6. The summed E-state index contributed by atoms with van der Waals surface area (Å²) in [6.07, 6.45) is -2.64. The molecule has 1 aliphatic heterocycles. The molecule has 9 heteroatoms. The van der Waals surface area contributed by atoms with Crippen molar-refractivity contribution in [3.63, 3.8) is 0 Å². The molecule has 2 aromatic heterocycles. The van der Waals surface area contributed by atoms with E-state index in [1.165, 1.54) is 12.1 Å². The number of hydrogen-bond donors (Lipinski definition) is 2. The van der Waals surface area contributed by atoms with Crippen LogP contribution in [0.5, 0.6) is 0 Å². The molecule has 0 atom stereocenters. The number of para-hydroxylation sites is 2. The lowest BCUT2D eigenvalue weighted by Gasteiger charge is -2.32. The number of halogens is 3. The third kappa shape index (κ3) is 4.20. The van der Waals surface area contributed by atoms with Crippen LogP contribution in [0.15, 0.2) is 53.3 Å². The number of nitrogens with one attached hydrogen (secondary N) is 2. The number of benzene rings is 2. The molecule has 172 valence electrons. The van der Waals surface area contributed by atoms with Gasteiger partial charge in [0, 0.05) is 36.9 Å². The van der Waals surface area contributed by atoms with Crippen LogP contribution in [-0.4, -0.2) is 37.5 Å². The molecule has 3 heterocycles. The van der Waals surface area contributed by atoms with Crippen molar-refractivity contribution >= 4 is 11.0 Å². The highest BCUT2D eigenvalue weighted by molar-refractivity contribution is 5.75. The predicted octanol–water partition coefficient (Wildman–Crippen LogP) is 4.88. The van der Waals surface area contributed by atoms with Gasteiger partial charge in [0.25, 0.3) is 0 Å². The van der Waals surface area contributed by atoms with Crippen molar-refractivity contribution < 1.29 is 13.2 Å². The second-order valence-electron chi connectivity index (χ2n) is 8.56. The minimum atomic E-state index is -4.35. The van der Waals surface area contributed by atoms with Crippen molar-refractivity contribution in [1.29, 1.82) is 0 Å². The molecule has 33 heavy (non-hydrogen) atoms. The smallest absolute Gasteiger partial charge is 0.342 e. The first-order valence-electron chi connectivity index (χ1n) is 10.9. The van der Waals surface area contributed by atoms with Crippen LogP contribution in [0.2, 0.25) is 0 Å². The van der Waals surface area contributed by atoms with Gasteiger partial charge in [0.15, 0.2) is 0 Å². The fourth-order valence-corrected chi connectivity index (χ4v) is 4.59. The highest BCUT2D eigenvalue weighted by atomic mass is 19.4. The minimum Gasteiger partial charge on any atom is -0.342 e. The van der Waals surface area contributed by atoms with E-state index in [1.54, 1.807) is 0 Å². The summed E-state index contributed by atoms with van der Waals surface area (Å²) < 4.78 is 40.3. The fourth-order valence-electron chi connectivity index (χ4n) is 4.59. The SMILES string of the molecule is Cc1[nH]c(-c2ccc(C(F)(F)F)cc2)nc1CN1CCC(n2c(=O)[nH]c3ccccc32)CC1. The van der Waals surface area contributed by atoms with E-state index in [9.17, 15) is 18.0 Å². The van der Waals surface area contributed by atoms with Gasteiger partial charge in [0.2, 0.25) is 0 Å². The molecule has 0 saturated carbocycles. The van der Waals surface area contributed by atoms with Crippen LogP contribution in [0.4, 0.5) is 13.2 Å². The summed E-state index contributed by atoms with van der Waals surface area (Å²) in [7, 11) is 0. The Bertz CT molecular complexity index is 1320. The van der Waals surface area contributed by atoms with E-state index < -0.39 is 11.7 Å². The summed E-state index contributed by atoms with van der Waals surface area (Å²) in [5.41, 5.74) is 3.45. The number of rotatable bonds is 4. The highest BCUT2D eigenvalue weighted by Crippen LogP contribution is 2.31. The van der Waals surface area contributed by atoms with Gasteiger partial charge in [-0.25, -0.2) is 9.78 Å². The summed E-state index contributed by atoms with van der Waals surface area (Å²) >= 11 is 0. The van der Waals surface area contributed by atoms with E-state index in [2.05, 4.69) is 19.9 Å². The molecule has 4 aromatic rings. The summed E-state index contributed by atoms with van der Waals surface area (Å²) in [5.74, 6) is 0.566. The maximum atomic E-state index is 12.8. The molecule has 2 N–H and O–H groups in total. The van der Waals surface area contributed by atoms with Crippen LogP contribution >= 0.6 is 0 Å². The minimum absolute atomic E-state index is 0.0704.